The van der Waals surface area contributed by atoms with Crippen LogP contribution in [0.5, 0.6) is 0 Å². The van der Waals surface area contributed by atoms with Crippen molar-refractivity contribution in [1.82, 2.24) is 0 Å². The normalized spacial score (nSPS) is 13.5. The Bertz CT molecular complexity index is 389. The van der Waals surface area contributed by atoms with Crippen LogP contribution < -0.4 is 0 Å². The van der Waals surface area contributed by atoms with Gasteiger partial charge in [-0.25, -0.2) is 0 Å². The molecular weight excluding hydrogens is 188 g/mol. The number of benzene rings is 1. The van der Waals surface area contributed by atoms with E-state index in [0.717, 1.165) is 0 Å². The molecular formula is C10H9ClS. The summed E-state index contributed by atoms with van der Waals surface area (Å²) in [5, 5.41) is 3.52. The van der Waals surface area contributed by atoms with Crippen molar-refractivity contribution < 1.29 is 0 Å². The first-order valence-electron chi connectivity index (χ1n) is 3.88. The van der Waals surface area contributed by atoms with E-state index in [9.17, 15) is 0 Å². The monoisotopic (exact) mass is 196 g/mol. The maximum absolute atomic E-state index is 5.98. The third kappa shape index (κ3) is 1.35. The highest BCUT2D eigenvalue weighted by molar-refractivity contribution is 7.17. The molecule has 1 heterocycles. The van der Waals surface area contributed by atoms with Crippen molar-refractivity contribution in [3.8, 4) is 0 Å². The number of thiophene rings is 1. The first-order chi connectivity index (χ1) is 5.77. The topological polar surface area (TPSA) is 0 Å². The summed E-state index contributed by atoms with van der Waals surface area (Å²) in [5.41, 5.74) is 1.20. The van der Waals surface area contributed by atoms with Crippen LogP contribution in [-0.2, 0) is 0 Å². The third-order valence-corrected chi connectivity index (χ3v) is 3.07. The van der Waals surface area contributed by atoms with Gasteiger partial charge in [0.15, 0.2) is 0 Å². The molecule has 0 aliphatic rings. The van der Waals surface area contributed by atoms with Crippen molar-refractivity contribution in [2.75, 3.05) is 0 Å². The van der Waals surface area contributed by atoms with Crippen molar-refractivity contribution in [3.05, 3.63) is 35.2 Å². The highest BCUT2D eigenvalue weighted by atomic mass is 35.5. The number of fused-ring (bicyclic) bond motifs is 1. The molecule has 2 aromatic rings. The zero-order valence-electron chi connectivity index (χ0n) is 6.75. The molecule has 2 rings (SSSR count). The van der Waals surface area contributed by atoms with E-state index in [2.05, 4.69) is 29.6 Å². The molecule has 1 unspecified atom stereocenters. The van der Waals surface area contributed by atoms with E-state index in [-0.39, 0.29) is 5.38 Å². The Hall–Kier alpha value is -0.530. The quantitative estimate of drug-likeness (QED) is 0.600. The van der Waals surface area contributed by atoms with Crippen molar-refractivity contribution >= 4 is 33.0 Å². The van der Waals surface area contributed by atoms with Crippen LogP contribution in [0, 0.1) is 0 Å². The second-order valence-corrected chi connectivity index (χ2v) is 4.44. The average molecular weight is 197 g/mol. The summed E-state index contributed by atoms with van der Waals surface area (Å²) < 4.78 is 1.32. The molecule has 0 saturated carbocycles. The first-order valence-corrected chi connectivity index (χ1v) is 5.20. The van der Waals surface area contributed by atoms with Crippen LogP contribution in [0.2, 0.25) is 0 Å². The molecule has 1 aromatic carbocycles. The van der Waals surface area contributed by atoms with Crippen LogP contribution >= 0.6 is 22.9 Å². The van der Waals surface area contributed by atoms with Crippen LogP contribution in [-0.4, -0.2) is 0 Å². The van der Waals surface area contributed by atoms with Crippen LogP contribution in [0.25, 0.3) is 10.1 Å². The second kappa shape index (κ2) is 3.08. The molecule has 1 atom stereocenters. The van der Waals surface area contributed by atoms with Gasteiger partial charge in [0.05, 0.1) is 5.38 Å². The minimum Gasteiger partial charge on any atom is -0.144 e. The lowest BCUT2D eigenvalue weighted by Crippen LogP contribution is -1.81. The lowest BCUT2D eigenvalue weighted by Gasteiger charge is -2.01. The molecule has 62 valence electrons. The number of hydrogen-bond donors (Lipinski definition) is 0. The van der Waals surface area contributed by atoms with E-state index < -0.39 is 0 Å². The molecule has 12 heavy (non-hydrogen) atoms. The molecule has 0 aliphatic carbocycles. The van der Waals surface area contributed by atoms with Crippen molar-refractivity contribution in [2.45, 2.75) is 12.3 Å². The minimum atomic E-state index is 0.108. The Morgan fingerprint density at radius 3 is 2.92 bits per heavy atom. The molecule has 2 heteroatoms. The predicted octanol–water partition coefficient (Wildman–Crippen LogP) is 4.20. The lowest BCUT2D eigenvalue weighted by atomic mass is 10.1. The van der Waals surface area contributed by atoms with E-state index in [1.165, 1.54) is 15.6 Å². The molecule has 0 bridgehead atoms. The van der Waals surface area contributed by atoms with Gasteiger partial charge in [-0.2, -0.15) is 0 Å². The number of alkyl halides is 1. The summed E-state index contributed by atoms with van der Waals surface area (Å²) >= 11 is 7.74. The van der Waals surface area contributed by atoms with Crippen molar-refractivity contribution in [1.29, 1.82) is 0 Å². The Kier molecular flexibility index (Phi) is 2.07. The van der Waals surface area contributed by atoms with E-state index in [4.69, 9.17) is 11.6 Å². The number of rotatable bonds is 1. The second-order valence-electron chi connectivity index (χ2n) is 2.83. The summed E-state index contributed by atoms with van der Waals surface area (Å²) in [7, 11) is 0. The summed E-state index contributed by atoms with van der Waals surface area (Å²) in [6.07, 6.45) is 0. The van der Waals surface area contributed by atoms with Crippen LogP contribution in [0.1, 0.15) is 17.9 Å². The zero-order valence-corrected chi connectivity index (χ0v) is 8.32. The van der Waals surface area contributed by atoms with Gasteiger partial charge in [-0.15, -0.1) is 22.9 Å². The third-order valence-electron chi connectivity index (χ3n) is 1.94. The van der Waals surface area contributed by atoms with Crippen LogP contribution in [0.3, 0.4) is 0 Å². The van der Waals surface area contributed by atoms with Crippen LogP contribution in [0.15, 0.2) is 29.6 Å². The van der Waals surface area contributed by atoms with Gasteiger partial charge >= 0.3 is 0 Å². The average Bonchev–Trinajstić information content (AvgIpc) is 2.49. The van der Waals surface area contributed by atoms with Crippen LogP contribution in [0.4, 0.5) is 0 Å². The fourth-order valence-electron chi connectivity index (χ4n) is 1.22. The summed E-state index contributed by atoms with van der Waals surface area (Å²) in [6, 6.07) is 8.51. The molecule has 0 N–H and O–H groups in total. The van der Waals surface area contributed by atoms with E-state index >= 15 is 0 Å². The van der Waals surface area contributed by atoms with E-state index in [1.807, 2.05) is 6.92 Å². The van der Waals surface area contributed by atoms with Gasteiger partial charge in [0.1, 0.15) is 0 Å². The summed E-state index contributed by atoms with van der Waals surface area (Å²) in [4.78, 5) is 0. The Balaban J connectivity index is 2.60. The molecule has 0 aliphatic heterocycles. The van der Waals surface area contributed by atoms with Crippen molar-refractivity contribution in [2.24, 2.45) is 0 Å². The fraction of sp³-hybridized carbons (Fsp3) is 0.200. The van der Waals surface area contributed by atoms with Gasteiger partial charge < -0.3 is 0 Å². The number of halogens is 1. The van der Waals surface area contributed by atoms with E-state index in [0.29, 0.717) is 0 Å². The maximum atomic E-state index is 5.98. The van der Waals surface area contributed by atoms with Gasteiger partial charge in [0, 0.05) is 4.70 Å². The zero-order chi connectivity index (χ0) is 8.55. The highest BCUT2D eigenvalue weighted by Crippen LogP contribution is 2.26. The summed E-state index contributed by atoms with van der Waals surface area (Å²) in [5.74, 6) is 0. The molecule has 0 nitrogen and oxygen atoms in total. The fourth-order valence-corrected chi connectivity index (χ4v) is 2.19. The molecule has 0 amide bonds. The van der Waals surface area contributed by atoms with Gasteiger partial charge in [0.2, 0.25) is 0 Å². The predicted molar refractivity (Wildman–Crippen MR) is 56.1 cm³/mol. The van der Waals surface area contributed by atoms with Gasteiger partial charge in [0.25, 0.3) is 0 Å². The number of hydrogen-bond acceptors (Lipinski definition) is 1. The Labute approximate surface area is 80.8 Å². The molecule has 0 saturated heterocycles. The standard InChI is InChI=1S/C10H9ClS/c1-7(11)9-3-2-8-4-5-12-10(8)6-9/h2-7H,1H3. The molecule has 0 spiro atoms. The Morgan fingerprint density at radius 1 is 1.33 bits per heavy atom. The highest BCUT2D eigenvalue weighted by Gasteiger charge is 2.01. The molecule has 1 aromatic heterocycles. The molecule has 0 fully saturated rings. The SMILES string of the molecule is CC(Cl)c1ccc2ccsc2c1. The lowest BCUT2D eigenvalue weighted by molar-refractivity contribution is 1.09. The van der Waals surface area contributed by atoms with Gasteiger partial charge in [-0.3, -0.25) is 0 Å². The molecule has 0 radical (unpaired) electrons. The van der Waals surface area contributed by atoms with Crippen molar-refractivity contribution in [3.63, 3.8) is 0 Å². The largest absolute Gasteiger partial charge is 0.144 e. The smallest absolute Gasteiger partial charge is 0.0557 e. The Morgan fingerprint density at radius 2 is 2.17 bits per heavy atom. The maximum Gasteiger partial charge on any atom is 0.0557 e. The minimum absolute atomic E-state index is 0.108. The van der Waals surface area contributed by atoms with Gasteiger partial charge in [-0.05, 0) is 35.4 Å². The van der Waals surface area contributed by atoms with E-state index in [1.54, 1.807) is 11.3 Å². The first kappa shape index (κ1) is 8.09. The summed E-state index contributed by atoms with van der Waals surface area (Å²) in [6.45, 7) is 2.00. The van der Waals surface area contributed by atoms with Gasteiger partial charge in [-0.1, -0.05) is 12.1 Å².